The molecular weight excluding hydrogens is 1200 g/mol. The van der Waals surface area contributed by atoms with Gasteiger partial charge in [0.25, 0.3) is 0 Å². The summed E-state index contributed by atoms with van der Waals surface area (Å²) in [5.41, 5.74) is -0.243. The summed E-state index contributed by atoms with van der Waals surface area (Å²) >= 11 is 9.99. The van der Waals surface area contributed by atoms with E-state index in [1.807, 2.05) is 0 Å². The predicted octanol–water partition coefficient (Wildman–Crippen LogP) is 7.00. The van der Waals surface area contributed by atoms with E-state index < -0.39 is 86.7 Å². The van der Waals surface area contributed by atoms with Gasteiger partial charge >= 0.3 is 47.8 Å². The minimum Gasteiger partial charge on any atom is -0.469 e. The normalized spacial score (nSPS) is 19.3. The summed E-state index contributed by atoms with van der Waals surface area (Å²) < 4.78 is 42.0. The molecule has 77 heavy (non-hydrogen) atoms. The molecule has 3 heterocycles. The minimum atomic E-state index is -1.80. The zero-order valence-corrected chi connectivity index (χ0v) is 48.8. The van der Waals surface area contributed by atoms with E-state index in [0.29, 0.717) is 17.9 Å². The van der Waals surface area contributed by atoms with Crippen LogP contribution in [0, 0.1) is 17.3 Å². The monoisotopic (exact) mass is 1260 g/mol. The van der Waals surface area contributed by atoms with Crippen molar-refractivity contribution < 1.29 is 81.0 Å². The molecule has 20 nitrogen and oxygen atoms in total. The Hall–Kier alpha value is -5.81. The molecule has 2 saturated carbocycles. The molecular formula is C54H64Br3N3O17. The average Bonchev–Trinajstić information content (AvgIpc) is 4.17. The largest absolute Gasteiger partial charge is 0.469 e. The predicted molar refractivity (Wildman–Crippen MR) is 285 cm³/mol. The number of halogens is 3. The van der Waals surface area contributed by atoms with E-state index in [2.05, 4.69) is 76.9 Å². The number of aromatic nitrogens is 2. The van der Waals surface area contributed by atoms with Crippen LogP contribution in [0.5, 0.6) is 0 Å². The first-order valence-electron chi connectivity index (χ1n) is 25.0. The highest BCUT2D eigenvalue weighted by Gasteiger charge is 2.55. The fourth-order valence-corrected chi connectivity index (χ4v) is 11.4. The smallest absolute Gasteiger partial charge is 0.355 e. The van der Waals surface area contributed by atoms with E-state index >= 15 is 0 Å². The molecule has 418 valence electrons. The molecule has 2 fully saturated rings. The number of carbonyl (C=O) groups is 9. The maximum absolute atomic E-state index is 14.9. The number of carbonyl (C=O) groups excluding carboxylic acids is 9. The van der Waals surface area contributed by atoms with Crippen LogP contribution in [0.25, 0.3) is 0 Å². The molecule has 1 amide bonds. The van der Waals surface area contributed by atoms with Crippen molar-refractivity contribution in [3.8, 4) is 0 Å². The van der Waals surface area contributed by atoms with Crippen LogP contribution in [0.15, 0.2) is 41.5 Å². The number of hydrogen-bond donors (Lipinski definition) is 3. The van der Waals surface area contributed by atoms with Gasteiger partial charge in [0.05, 0.1) is 60.4 Å². The van der Waals surface area contributed by atoms with Crippen LogP contribution >= 0.6 is 47.8 Å². The molecule has 3 aromatic rings. The zero-order valence-electron chi connectivity index (χ0n) is 44.0. The van der Waals surface area contributed by atoms with Gasteiger partial charge < -0.3 is 53.2 Å². The first-order chi connectivity index (χ1) is 36.5. The van der Waals surface area contributed by atoms with Crippen molar-refractivity contribution in [3.63, 3.8) is 0 Å². The van der Waals surface area contributed by atoms with Gasteiger partial charge in [-0.25, -0.2) is 9.59 Å². The Bertz CT molecular complexity index is 2780. The van der Waals surface area contributed by atoms with Gasteiger partial charge in [0.15, 0.2) is 2.14 Å². The Kier molecular flexibility index (Phi) is 20.6. The number of esters is 8. The summed E-state index contributed by atoms with van der Waals surface area (Å²) in [4.78, 5) is 130. The van der Waals surface area contributed by atoms with Crippen LogP contribution in [0.1, 0.15) is 125 Å². The number of alkyl halides is 3. The molecule has 2 aromatic heterocycles. The Balaban J connectivity index is 1.62. The second-order valence-corrected chi connectivity index (χ2v) is 27.1. The Morgan fingerprint density at radius 2 is 1.14 bits per heavy atom. The van der Waals surface area contributed by atoms with Gasteiger partial charge in [0.2, 0.25) is 5.91 Å². The van der Waals surface area contributed by atoms with Gasteiger partial charge in [0.1, 0.15) is 30.7 Å². The van der Waals surface area contributed by atoms with Gasteiger partial charge in [-0.3, -0.25) is 33.6 Å². The number of methoxy groups -OCH3 is 5. The lowest BCUT2D eigenvalue weighted by Gasteiger charge is -2.34. The maximum Gasteiger partial charge on any atom is 0.355 e. The molecule has 0 saturated heterocycles. The number of aromatic amines is 2. The molecule has 1 aliphatic heterocycles. The van der Waals surface area contributed by atoms with Crippen LogP contribution in [0.3, 0.4) is 0 Å². The van der Waals surface area contributed by atoms with Gasteiger partial charge in [-0.05, 0) is 83.2 Å². The number of ether oxygens (including phenoxy) is 8. The fourth-order valence-electron chi connectivity index (χ4n) is 11.1. The molecule has 0 spiro atoms. The number of fused-ring (bicyclic) bond motifs is 2. The van der Waals surface area contributed by atoms with Gasteiger partial charge in [-0.1, -0.05) is 92.0 Å². The molecule has 23 heteroatoms. The molecule has 1 aromatic carbocycles. The average molecular weight is 1270 g/mol. The van der Waals surface area contributed by atoms with E-state index in [0.717, 1.165) is 12.8 Å². The van der Waals surface area contributed by atoms with E-state index in [1.165, 1.54) is 35.5 Å². The van der Waals surface area contributed by atoms with E-state index in [9.17, 15) is 43.2 Å². The number of nitrogens with one attached hydrogen (secondary N) is 3. The molecule has 0 radical (unpaired) electrons. The van der Waals surface area contributed by atoms with E-state index in [-0.39, 0.29) is 132 Å². The lowest BCUT2D eigenvalue weighted by Crippen LogP contribution is -2.49. The summed E-state index contributed by atoms with van der Waals surface area (Å²) in [6.07, 6.45) is -1.38. The van der Waals surface area contributed by atoms with Gasteiger partial charge in [-0.15, -0.1) is 0 Å². The molecule has 2 aliphatic carbocycles. The Morgan fingerprint density at radius 1 is 0.623 bits per heavy atom. The van der Waals surface area contributed by atoms with Crippen molar-refractivity contribution >= 4 is 101 Å². The lowest BCUT2D eigenvalue weighted by atomic mass is 9.77. The molecule has 3 N–H and O–H groups in total. The van der Waals surface area contributed by atoms with Crippen molar-refractivity contribution in [2.24, 2.45) is 17.3 Å². The van der Waals surface area contributed by atoms with Crippen LogP contribution in [-0.2, 0) is 117 Å². The van der Waals surface area contributed by atoms with Crippen LogP contribution in [0.4, 0.5) is 0 Å². The van der Waals surface area contributed by atoms with Crippen molar-refractivity contribution in [1.82, 2.24) is 15.3 Å². The number of benzene rings is 1. The van der Waals surface area contributed by atoms with Crippen molar-refractivity contribution in [2.75, 3.05) is 42.2 Å². The van der Waals surface area contributed by atoms with Crippen molar-refractivity contribution in [3.05, 3.63) is 92.1 Å². The number of H-pyrrole nitrogens is 2. The highest BCUT2D eigenvalue weighted by Crippen LogP contribution is 2.58. The third-order valence-corrected chi connectivity index (χ3v) is 15.7. The molecule has 3 aliphatic rings. The highest BCUT2D eigenvalue weighted by molar-refractivity contribution is 9.39. The van der Waals surface area contributed by atoms with Crippen LogP contribution < -0.4 is 5.32 Å². The van der Waals surface area contributed by atoms with E-state index in [1.54, 1.807) is 30.3 Å². The standard InChI is InChI=1S/C54H64Br3N3O17/c1-52(2)30-13-17-36(52)40(21-30)77-46(66)24-37-33(16-20-43(63)72-5)49(67)60-53(37,26-39-34(22-44(64)73-6)32(15-19-42(62)71-4)47(59-39)51(69)76-28-54(55,56)57)25-38-31(14-18-41(61)70-3)35(23-45(65)74-7)48(58-38)50(68)75-27-29-11-9-8-10-12-29/h8-12,30,36,40,58-59H,13-28H2,1-7H3,(H,60,67)/t30-,36+,40+,53?/m0/s1. The summed E-state index contributed by atoms with van der Waals surface area (Å²) in [5.74, 6) is -6.17. The number of rotatable bonds is 25. The number of amides is 1. The zero-order chi connectivity index (χ0) is 56.4. The van der Waals surface area contributed by atoms with Crippen molar-refractivity contribution in [1.29, 1.82) is 0 Å². The Labute approximate surface area is 470 Å². The SMILES string of the molecule is COC(=O)CCC1=C(CC(=O)O[C@@H]2C[C@@H]3CC[C@H]2C3(C)C)C(Cc2[nH]c(C(=O)OCC(Br)(Br)Br)c(CCC(=O)OC)c2CC(=O)OC)(Cc2[nH]c(C(=O)OCc3ccccc3)c(CC(=O)OC)c2CCC(=O)OC)NC1=O. The summed E-state index contributed by atoms with van der Waals surface area (Å²) in [7, 11) is 5.94. The third kappa shape index (κ3) is 14.9. The van der Waals surface area contributed by atoms with Gasteiger partial charge in [-0.2, -0.15) is 0 Å². The molecule has 2 bridgehead atoms. The summed E-state index contributed by atoms with van der Waals surface area (Å²) in [6, 6.07) is 8.85. The first-order valence-corrected chi connectivity index (χ1v) is 27.3. The first kappa shape index (κ1) is 60.4. The minimum absolute atomic E-state index is 0.0375. The van der Waals surface area contributed by atoms with Gasteiger partial charge in [0, 0.05) is 55.0 Å². The highest BCUT2D eigenvalue weighted by atomic mass is 80.0. The van der Waals surface area contributed by atoms with Crippen LogP contribution in [-0.4, -0.2) is 120 Å². The summed E-state index contributed by atoms with van der Waals surface area (Å²) in [6.45, 7) is 3.89. The quantitative estimate of drug-likeness (QED) is 0.0438. The maximum atomic E-state index is 14.9. The molecule has 1 unspecified atom stereocenters. The fraction of sp³-hybridized carbons (Fsp3) is 0.537. The topological polar surface area (TPSA) is 271 Å². The van der Waals surface area contributed by atoms with E-state index in [4.69, 9.17) is 37.9 Å². The number of hydrogen-bond acceptors (Lipinski definition) is 17. The second-order valence-electron chi connectivity index (χ2n) is 19.8. The lowest BCUT2D eigenvalue weighted by molar-refractivity contribution is -0.151. The Morgan fingerprint density at radius 3 is 1.68 bits per heavy atom. The molecule has 6 rings (SSSR count). The van der Waals surface area contributed by atoms with Crippen molar-refractivity contribution in [2.45, 2.75) is 124 Å². The van der Waals surface area contributed by atoms with Crippen LogP contribution in [0.2, 0.25) is 0 Å². The molecule has 4 atom stereocenters. The third-order valence-electron chi connectivity index (χ3n) is 15.0. The summed E-state index contributed by atoms with van der Waals surface area (Å²) in [5, 5.41) is 3.12. The second kappa shape index (κ2) is 26.2.